The van der Waals surface area contributed by atoms with Crippen LogP contribution in [0.1, 0.15) is 26.7 Å². The van der Waals surface area contributed by atoms with E-state index in [-0.39, 0.29) is 5.91 Å². The summed E-state index contributed by atoms with van der Waals surface area (Å²) in [6, 6.07) is 5.44. The molecule has 0 radical (unpaired) electrons. The van der Waals surface area contributed by atoms with Gasteiger partial charge in [0.1, 0.15) is 0 Å². The Morgan fingerprint density at radius 2 is 2.20 bits per heavy atom. The van der Waals surface area contributed by atoms with Crippen molar-refractivity contribution in [2.45, 2.75) is 32.7 Å². The van der Waals surface area contributed by atoms with Gasteiger partial charge in [-0.15, -0.1) is 0 Å². The molecule has 0 aromatic heterocycles. The van der Waals surface area contributed by atoms with Crippen molar-refractivity contribution in [2.24, 2.45) is 5.92 Å². The van der Waals surface area contributed by atoms with Crippen LogP contribution >= 0.6 is 11.6 Å². The molecule has 0 saturated heterocycles. The van der Waals surface area contributed by atoms with Gasteiger partial charge in [0, 0.05) is 17.6 Å². The highest BCUT2D eigenvalue weighted by Crippen LogP contribution is 2.30. The number of nitrogen functional groups attached to an aromatic ring is 1. The summed E-state index contributed by atoms with van der Waals surface area (Å²) in [5, 5.41) is 3.40. The van der Waals surface area contributed by atoms with Crippen LogP contribution in [0.3, 0.4) is 0 Å². The van der Waals surface area contributed by atoms with E-state index in [4.69, 9.17) is 17.3 Å². The van der Waals surface area contributed by atoms with E-state index in [1.54, 1.807) is 18.2 Å². The maximum absolute atomic E-state index is 12.1. The summed E-state index contributed by atoms with van der Waals surface area (Å²) < 4.78 is 0. The van der Waals surface area contributed by atoms with E-state index < -0.39 is 0 Å². The second-order valence-corrected chi connectivity index (χ2v) is 6.18. The summed E-state index contributed by atoms with van der Waals surface area (Å²) in [7, 11) is 0. The number of carbonyl (C=O) groups is 1. The minimum absolute atomic E-state index is 0.0479. The molecule has 0 heterocycles. The largest absolute Gasteiger partial charge is 0.397 e. The molecule has 4 nitrogen and oxygen atoms in total. The first-order valence-corrected chi connectivity index (χ1v) is 7.42. The molecule has 1 aromatic carbocycles. The molecule has 1 aliphatic rings. The fraction of sp³-hybridized carbons (Fsp3) is 0.533. The van der Waals surface area contributed by atoms with Gasteiger partial charge in [-0.1, -0.05) is 11.6 Å². The molecule has 1 aliphatic carbocycles. The van der Waals surface area contributed by atoms with Gasteiger partial charge in [0.25, 0.3) is 0 Å². The highest BCUT2D eigenvalue weighted by molar-refractivity contribution is 6.31. The summed E-state index contributed by atoms with van der Waals surface area (Å²) in [6.45, 7) is 5.61. The zero-order valence-electron chi connectivity index (χ0n) is 12.0. The molecule has 2 rings (SSSR count). The Bertz CT molecular complexity index is 486. The molecule has 0 bridgehead atoms. The molecule has 0 spiro atoms. The molecule has 1 saturated carbocycles. The Kier molecular flexibility index (Phi) is 4.89. The lowest BCUT2D eigenvalue weighted by atomic mass is 10.2. The lowest BCUT2D eigenvalue weighted by molar-refractivity contribution is -0.117. The topological polar surface area (TPSA) is 58.4 Å². The maximum atomic E-state index is 12.1. The Hall–Kier alpha value is -1.26. The highest BCUT2D eigenvalue weighted by atomic mass is 35.5. The van der Waals surface area contributed by atoms with Crippen LogP contribution < -0.4 is 11.1 Å². The third-order valence-corrected chi connectivity index (χ3v) is 3.79. The van der Waals surface area contributed by atoms with Crippen molar-refractivity contribution >= 4 is 28.9 Å². The first kappa shape index (κ1) is 15.1. The van der Waals surface area contributed by atoms with Crippen molar-refractivity contribution in [1.82, 2.24) is 4.90 Å². The number of hydrogen-bond acceptors (Lipinski definition) is 3. The Labute approximate surface area is 125 Å². The van der Waals surface area contributed by atoms with Gasteiger partial charge in [0.2, 0.25) is 5.91 Å². The lowest BCUT2D eigenvalue weighted by Gasteiger charge is -2.25. The van der Waals surface area contributed by atoms with E-state index in [1.165, 1.54) is 12.8 Å². The Balaban J connectivity index is 1.94. The molecule has 1 amide bonds. The van der Waals surface area contributed by atoms with E-state index in [0.29, 0.717) is 29.0 Å². The van der Waals surface area contributed by atoms with Crippen LogP contribution in [-0.2, 0) is 4.79 Å². The van der Waals surface area contributed by atoms with Gasteiger partial charge in [-0.2, -0.15) is 0 Å². The molecule has 20 heavy (non-hydrogen) atoms. The molecular weight excluding hydrogens is 274 g/mol. The van der Waals surface area contributed by atoms with Crippen molar-refractivity contribution in [1.29, 1.82) is 0 Å². The van der Waals surface area contributed by atoms with Crippen molar-refractivity contribution < 1.29 is 4.79 Å². The quantitative estimate of drug-likeness (QED) is 0.793. The highest BCUT2D eigenvalue weighted by Gasteiger charge is 2.26. The number of halogens is 1. The van der Waals surface area contributed by atoms with Crippen molar-refractivity contribution in [2.75, 3.05) is 24.1 Å². The third kappa shape index (κ3) is 4.39. The Morgan fingerprint density at radius 3 is 2.80 bits per heavy atom. The number of carbonyl (C=O) groups excluding carboxylic acids is 1. The zero-order chi connectivity index (χ0) is 14.7. The number of benzene rings is 1. The second kappa shape index (κ2) is 6.46. The minimum Gasteiger partial charge on any atom is -0.397 e. The average Bonchev–Trinajstić information content (AvgIpc) is 3.17. The van der Waals surface area contributed by atoms with Crippen LogP contribution in [0.25, 0.3) is 0 Å². The van der Waals surface area contributed by atoms with E-state index in [2.05, 4.69) is 24.1 Å². The van der Waals surface area contributed by atoms with Crippen molar-refractivity contribution in [3.05, 3.63) is 23.2 Å². The first-order chi connectivity index (χ1) is 9.45. The number of nitrogens with two attached hydrogens (primary N) is 1. The smallest absolute Gasteiger partial charge is 0.238 e. The van der Waals surface area contributed by atoms with Gasteiger partial charge in [0.05, 0.1) is 17.9 Å². The van der Waals surface area contributed by atoms with Gasteiger partial charge in [-0.3, -0.25) is 9.69 Å². The number of amides is 1. The van der Waals surface area contributed by atoms with Crippen LogP contribution in [0.4, 0.5) is 11.4 Å². The van der Waals surface area contributed by atoms with Crippen LogP contribution in [0, 0.1) is 5.92 Å². The SMILES string of the molecule is CC(C)N(CC(=O)Nc1cc(Cl)ccc1N)CC1CC1. The molecule has 0 unspecified atom stereocenters. The molecule has 1 aromatic rings. The van der Waals surface area contributed by atoms with Crippen molar-refractivity contribution in [3.63, 3.8) is 0 Å². The third-order valence-electron chi connectivity index (χ3n) is 3.56. The van der Waals surface area contributed by atoms with Gasteiger partial charge in [-0.25, -0.2) is 0 Å². The standard InChI is InChI=1S/C15H22ClN3O/c1-10(2)19(8-11-3-4-11)9-15(20)18-14-7-12(16)5-6-13(14)17/h5-7,10-11H,3-4,8-9,17H2,1-2H3,(H,18,20). The Morgan fingerprint density at radius 1 is 1.50 bits per heavy atom. The zero-order valence-corrected chi connectivity index (χ0v) is 12.8. The van der Waals surface area contributed by atoms with Crippen LogP contribution in [-0.4, -0.2) is 29.9 Å². The van der Waals surface area contributed by atoms with Gasteiger partial charge >= 0.3 is 0 Å². The monoisotopic (exact) mass is 295 g/mol. The number of rotatable bonds is 6. The lowest BCUT2D eigenvalue weighted by Crippen LogP contribution is -2.39. The fourth-order valence-corrected chi connectivity index (χ4v) is 2.27. The molecule has 0 atom stereocenters. The summed E-state index contributed by atoms with van der Waals surface area (Å²) in [5.74, 6) is 0.717. The van der Waals surface area contributed by atoms with Gasteiger partial charge in [0.15, 0.2) is 0 Å². The maximum Gasteiger partial charge on any atom is 0.238 e. The van der Waals surface area contributed by atoms with E-state index >= 15 is 0 Å². The van der Waals surface area contributed by atoms with E-state index in [1.807, 2.05) is 0 Å². The predicted molar refractivity (Wildman–Crippen MR) is 83.9 cm³/mol. The predicted octanol–water partition coefficient (Wildman–Crippen LogP) is 2.98. The van der Waals surface area contributed by atoms with Crippen LogP contribution in [0.15, 0.2) is 18.2 Å². The summed E-state index contributed by atoms with van der Waals surface area (Å²) >= 11 is 5.92. The first-order valence-electron chi connectivity index (χ1n) is 7.04. The van der Waals surface area contributed by atoms with Gasteiger partial charge < -0.3 is 11.1 Å². The molecule has 3 N–H and O–H groups in total. The summed E-state index contributed by atoms with van der Waals surface area (Å²) in [4.78, 5) is 14.3. The fourth-order valence-electron chi connectivity index (χ4n) is 2.10. The van der Waals surface area contributed by atoms with Crippen LogP contribution in [0.5, 0.6) is 0 Å². The van der Waals surface area contributed by atoms with E-state index in [9.17, 15) is 4.79 Å². The second-order valence-electron chi connectivity index (χ2n) is 5.75. The molecule has 110 valence electrons. The number of hydrogen-bond donors (Lipinski definition) is 2. The molecule has 5 heteroatoms. The summed E-state index contributed by atoms with van der Waals surface area (Å²) in [6.07, 6.45) is 2.57. The number of nitrogens with zero attached hydrogens (tertiary/aromatic N) is 1. The average molecular weight is 296 g/mol. The number of nitrogens with one attached hydrogen (secondary N) is 1. The number of anilines is 2. The van der Waals surface area contributed by atoms with Crippen molar-refractivity contribution in [3.8, 4) is 0 Å². The molecule has 1 fully saturated rings. The van der Waals surface area contributed by atoms with Gasteiger partial charge in [-0.05, 0) is 50.8 Å². The summed E-state index contributed by atoms with van der Waals surface area (Å²) in [5.41, 5.74) is 6.94. The minimum atomic E-state index is -0.0479. The van der Waals surface area contributed by atoms with Crippen LogP contribution in [0.2, 0.25) is 5.02 Å². The molecular formula is C15H22ClN3O. The van der Waals surface area contributed by atoms with E-state index in [0.717, 1.165) is 12.5 Å². The normalized spacial score (nSPS) is 14.8. The molecule has 0 aliphatic heterocycles.